The maximum absolute atomic E-state index is 11.8. The number of nitrogens with zero attached hydrogens (tertiary/aromatic N) is 2. The van der Waals surface area contributed by atoms with Crippen LogP contribution in [0.15, 0.2) is 96.8 Å². The van der Waals surface area contributed by atoms with Crippen LogP contribution in [0.1, 0.15) is 11.1 Å². The molecule has 0 aliphatic heterocycles. The number of aliphatic imine (C=N–C) groups is 1. The van der Waals surface area contributed by atoms with E-state index in [1.54, 1.807) is 24.7 Å². The summed E-state index contributed by atoms with van der Waals surface area (Å²) in [6.45, 7) is 4.02. The molecule has 0 aliphatic carbocycles. The van der Waals surface area contributed by atoms with Crippen molar-refractivity contribution >= 4 is 23.5 Å². The molecule has 144 valence electrons. The van der Waals surface area contributed by atoms with Crippen LogP contribution < -0.4 is 11.1 Å². The van der Waals surface area contributed by atoms with E-state index >= 15 is 0 Å². The zero-order valence-corrected chi connectivity index (χ0v) is 16.0. The molecule has 29 heavy (non-hydrogen) atoms. The van der Waals surface area contributed by atoms with Gasteiger partial charge in [0.15, 0.2) is 0 Å². The highest BCUT2D eigenvalue weighted by atomic mass is 16.1. The van der Waals surface area contributed by atoms with Crippen molar-refractivity contribution in [2.75, 3.05) is 5.32 Å². The molecule has 0 spiro atoms. The number of benzene rings is 2. The van der Waals surface area contributed by atoms with Gasteiger partial charge in [-0.05, 0) is 47.0 Å². The van der Waals surface area contributed by atoms with Crippen LogP contribution in [-0.4, -0.2) is 17.1 Å². The first-order valence-electron chi connectivity index (χ1n) is 9.15. The van der Waals surface area contributed by atoms with Gasteiger partial charge in [-0.3, -0.25) is 14.8 Å². The number of pyridine rings is 1. The molecule has 0 bridgehead atoms. The Balaban J connectivity index is 1.88. The van der Waals surface area contributed by atoms with E-state index in [-0.39, 0.29) is 5.91 Å². The molecule has 1 amide bonds. The van der Waals surface area contributed by atoms with Crippen molar-refractivity contribution in [3.05, 3.63) is 103 Å². The third-order valence-electron chi connectivity index (χ3n) is 4.24. The Labute approximate surface area is 170 Å². The van der Waals surface area contributed by atoms with Crippen molar-refractivity contribution in [2.45, 2.75) is 6.54 Å². The Hall–Kier alpha value is -3.99. The number of aromatic nitrogens is 1. The van der Waals surface area contributed by atoms with Crippen molar-refractivity contribution in [1.29, 1.82) is 0 Å². The summed E-state index contributed by atoms with van der Waals surface area (Å²) >= 11 is 0. The van der Waals surface area contributed by atoms with Crippen LogP contribution in [0, 0.1) is 0 Å². The number of anilines is 1. The zero-order chi connectivity index (χ0) is 20.5. The van der Waals surface area contributed by atoms with E-state index < -0.39 is 0 Å². The number of allylic oxidation sites excluding steroid dienone is 1. The first-order chi connectivity index (χ1) is 14.2. The predicted octanol–water partition coefficient (Wildman–Crippen LogP) is 4.44. The maximum Gasteiger partial charge on any atom is 0.247 e. The quantitative estimate of drug-likeness (QED) is 0.468. The molecule has 0 aliphatic rings. The van der Waals surface area contributed by atoms with Gasteiger partial charge >= 0.3 is 0 Å². The summed E-state index contributed by atoms with van der Waals surface area (Å²) in [6, 6.07) is 19.5. The molecule has 5 heteroatoms. The number of hydrogen-bond acceptors (Lipinski definition) is 4. The van der Waals surface area contributed by atoms with Gasteiger partial charge in [-0.1, -0.05) is 49.0 Å². The minimum Gasteiger partial charge on any atom is -0.398 e. The Kier molecular flexibility index (Phi) is 6.68. The van der Waals surface area contributed by atoms with E-state index in [4.69, 9.17) is 5.73 Å². The zero-order valence-electron chi connectivity index (χ0n) is 16.0. The van der Waals surface area contributed by atoms with Gasteiger partial charge in [0.2, 0.25) is 5.91 Å². The minimum atomic E-state index is -0.295. The first kappa shape index (κ1) is 19.8. The van der Waals surface area contributed by atoms with E-state index in [2.05, 4.69) is 21.9 Å². The van der Waals surface area contributed by atoms with Crippen LogP contribution in [0.25, 0.3) is 16.8 Å². The molecule has 0 unspecified atom stereocenters. The first-order valence-corrected chi connectivity index (χ1v) is 9.15. The van der Waals surface area contributed by atoms with Crippen molar-refractivity contribution < 1.29 is 4.79 Å². The molecule has 3 aromatic rings. The van der Waals surface area contributed by atoms with Gasteiger partial charge in [0, 0.05) is 29.9 Å². The largest absolute Gasteiger partial charge is 0.398 e. The molecule has 3 N–H and O–H groups in total. The van der Waals surface area contributed by atoms with Gasteiger partial charge in [-0.15, -0.1) is 0 Å². The van der Waals surface area contributed by atoms with Gasteiger partial charge in [-0.2, -0.15) is 0 Å². The standard InChI is InChI=1S/C24H22N4O/c1-2-24(29)28-23-11-10-20(19-8-4-3-5-9-19)15-21(23)22(25)12-14-27-17-18-7-6-13-26-16-18/h2-16H,1,17,25H2,(H,28,29). The Morgan fingerprint density at radius 2 is 1.93 bits per heavy atom. The molecule has 2 aromatic carbocycles. The third-order valence-corrected chi connectivity index (χ3v) is 4.24. The summed E-state index contributed by atoms with van der Waals surface area (Å²) in [7, 11) is 0. The normalized spacial score (nSPS) is 11.4. The molecule has 1 heterocycles. The second-order valence-corrected chi connectivity index (χ2v) is 6.29. The number of nitrogens with one attached hydrogen (secondary N) is 1. The fourth-order valence-corrected chi connectivity index (χ4v) is 2.76. The Bertz CT molecular complexity index is 1040. The van der Waals surface area contributed by atoms with Gasteiger partial charge in [0.05, 0.1) is 12.2 Å². The van der Waals surface area contributed by atoms with Gasteiger partial charge in [0.25, 0.3) is 0 Å². The molecule has 0 radical (unpaired) electrons. The van der Waals surface area contributed by atoms with E-state index in [0.717, 1.165) is 22.3 Å². The number of hydrogen-bond donors (Lipinski definition) is 2. The Morgan fingerprint density at radius 3 is 2.66 bits per heavy atom. The monoisotopic (exact) mass is 382 g/mol. The van der Waals surface area contributed by atoms with Crippen LogP contribution in [0.5, 0.6) is 0 Å². The van der Waals surface area contributed by atoms with Crippen molar-refractivity contribution in [3.63, 3.8) is 0 Å². The molecular weight excluding hydrogens is 360 g/mol. The second kappa shape index (κ2) is 9.80. The van der Waals surface area contributed by atoms with Crippen LogP contribution in [0.2, 0.25) is 0 Å². The van der Waals surface area contributed by atoms with Gasteiger partial charge < -0.3 is 11.1 Å². The molecule has 0 saturated heterocycles. The summed E-state index contributed by atoms with van der Waals surface area (Å²) in [5, 5.41) is 2.81. The number of amides is 1. The lowest BCUT2D eigenvalue weighted by atomic mass is 10.00. The second-order valence-electron chi connectivity index (χ2n) is 6.29. The van der Waals surface area contributed by atoms with E-state index in [9.17, 15) is 4.79 Å². The molecule has 0 atom stereocenters. The topological polar surface area (TPSA) is 80.4 Å². The van der Waals surface area contributed by atoms with Crippen molar-refractivity contribution in [1.82, 2.24) is 4.98 Å². The maximum atomic E-state index is 11.8. The molecule has 3 rings (SSSR count). The van der Waals surface area contributed by atoms with E-state index in [1.807, 2.05) is 60.7 Å². The van der Waals surface area contributed by atoms with Crippen LogP contribution in [0.4, 0.5) is 5.69 Å². The third kappa shape index (κ3) is 5.49. The lowest BCUT2D eigenvalue weighted by molar-refractivity contribution is -0.111. The number of carbonyl (C=O) groups excluding carboxylic acids is 1. The number of nitrogens with two attached hydrogens (primary N) is 1. The van der Waals surface area contributed by atoms with Crippen molar-refractivity contribution in [3.8, 4) is 11.1 Å². The summed E-state index contributed by atoms with van der Waals surface area (Å²) in [4.78, 5) is 20.2. The minimum absolute atomic E-state index is 0.295. The van der Waals surface area contributed by atoms with Crippen LogP contribution in [0.3, 0.4) is 0 Å². The summed E-state index contributed by atoms with van der Waals surface area (Å²) in [6.07, 6.45) is 8.12. The van der Waals surface area contributed by atoms with E-state index in [1.165, 1.54) is 6.08 Å². The molecule has 5 nitrogen and oxygen atoms in total. The molecule has 1 aromatic heterocycles. The molecule has 0 saturated carbocycles. The Morgan fingerprint density at radius 1 is 1.10 bits per heavy atom. The van der Waals surface area contributed by atoms with Crippen LogP contribution in [-0.2, 0) is 11.3 Å². The average molecular weight is 382 g/mol. The summed E-state index contributed by atoms with van der Waals surface area (Å²) < 4.78 is 0. The summed E-state index contributed by atoms with van der Waals surface area (Å²) in [5.74, 6) is -0.295. The number of carbonyl (C=O) groups is 1. The van der Waals surface area contributed by atoms with E-state index in [0.29, 0.717) is 17.9 Å². The fourth-order valence-electron chi connectivity index (χ4n) is 2.76. The number of rotatable bonds is 7. The molecular formula is C24H22N4O. The fraction of sp³-hybridized carbons (Fsp3) is 0.0417. The summed E-state index contributed by atoms with van der Waals surface area (Å²) in [5.41, 5.74) is 11.2. The highest BCUT2D eigenvalue weighted by Crippen LogP contribution is 2.28. The lowest BCUT2D eigenvalue weighted by Crippen LogP contribution is -2.11. The lowest BCUT2D eigenvalue weighted by Gasteiger charge is -2.13. The SMILES string of the molecule is C=CC(=O)Nc1ccc(-c2ccccc2)cc1C(N)=CC=NCc1cccnc1. The molecule has 0 fully saturated rings. The van der Waals surface area contributed by atoms with Crippen LogP contribution >= 0.6 is 0 Å². The van der Waals surface area contributed by atoms with Crippen molar-refractivity contribution in [2.24, 2.45) is 10.7 Å². The smallest absolute Gasteiger partial charge is 0.247 e. The predicted molar refractivity (Wildman–Crippen MR) is 119 cm³/mol. The average Bonchev–Trinajstić information content (AvgIpc) is 2.78. The van der Waals surface area contributed by atoms with Gasteiger partial charge in [0.1, 0.15) is 0 Å². The van der Waals surface area contributed by atoms with Gasteiger partial charge in [-0.25, -0.2) is 0 Å². The highest BCUT2D eigenvalue weighted by molar-refractivity contribution is 6.01. The highest BCUT2D eigenvalue weighted by Gasteiger charge is 2.09.